The van der Waals surface area contributed by atoms with E-state index in [9.17, 15) is 4.79 Å². The van der Waals surface area contributed by atoms with E-state index in [-0.39, 0.29) is 11.7 Å². The molecular weight excluding hydrogens is 406 g/mol. The van der Waals surface area contributed by atoms with E-state index < -0.39 is 0 Å². The molecule has 29 heavy (non-hydrogen) atoms. The maximum atomic E-state index is 12.3. The van der Waals surface area contributed by atoms with Crippen molar-refractivity contribution in [2.45, 2.75) is 25.5 Å². The van der Waals surface area contributed by atoms with Crippen LogP contribution in [-0.4, -0.2) is 26.4 Å². The van der Waals surface area contributed by atoms with Gasteiger partial charge in [-0.1, -0.05) is 37.2 Å². The molecule has 3 aromatic rings. The van der Waals surface area contributed by atoms with Gasteiger partial charge in [-0.2, -0.15) is 5.26 Å². The number of benzene rings is 2. The molecule has 6 nitrogen and oxygen atoms in total. The van der Waals surface area contributed by atoms with Gasteiger partial charge in [-0.15, -0.1) is 10.2 Å². The lowest BCUT2D eigenvalue weighted by atomic mass is 10.2. The highest BCUT2D eigenvalue weighted by atomic mass is 35.5. The zero-order valence-corrected chi connectivity index (χ0v) is 17.7. The Kier molecular flexibility index (Phi) is 6.91. The number of hydrogen-bond acceptors (Lipinski definition) is 5. The monoisotopic (exact) mass is 425 g/mol. The minimum absolute atomic E-state index is 0.146. The molecule has 0 atom stereocenters. The Hall–Kier alpha value is -2.82. The second-order valence-electron chi connectivity index (χ2n) is 6.84. The van der Waals surface area contributed by atoms with Gasteiger partial charge in [0.1, 0.15) is 0 Å². The number of carbonyl (C=O) groups excluding carboxylic acids is 1. The number of aromatic nitrogens is 3. The van der Waals surface area contributed by atoms with Gasteiger partial charge in [0.25, 0.3) is 0 Å². The molecule has 2 aromatic carbocycles. The van der Waals surface area contributed by atoms with Crippen LogP contribution in [-0.2, 0) is 11.3 Å². The second-order valence-corrected chi connectivity index (χ2v) is 8.22. The first-order valence-electron chi connectivity index (χ1n) is 9.08. The maximum absolute atomic E-state index is 12.3. The number of nitriles is 1. The quantitative estimate of drug-likeness (QED) is 0.546. The van der Waals surface area contributed by atoms with Crippen LogP contribution >= 0.6 is 23.4 Å². The summed E-state index contributed by atoms with van der Waals surface area (Å²) in [5.41, 5.74) is 2.13. The van der Waals surface area contributed by atoms with E-state index in [0.29, 0.717) is 27.3 Å². The molecule has 3 rings (SSSR count). The zero-order valence-electron chi connectivity index (χ0n) is 16.1. The number of hydrogen-bond donors (Lipinski definition) is 1. The summed E-state index contributed by atoms with van der Waals surface area (Å²) < 4.78 is 2.04. The summed E-state index contributed by atoms with van der Waals surface area (Å²) in [6.07, 6.45) is 0. The molecule has 1 aromatic heterocycles. The van der Waals surface area contributed by atoms with Gasteiger partial charge in [0, 0.05) is 22.8 Å². The Labute approximate surface area is 178 Å². The van der Waals surface area contributed by atoms with E-state index in [4.69, 9.17) is 16.9 Å². The van der Waals surface area contributed by atoms with Crippen molar-refractivity contribution in [2.75, 3.05) is 11.1 Å². The van der Waals surface area contributed by atoms with E-state index in [1.165, 1.54) is 11.8 Å². The summed E-state index contributed by atoms with van der Waals surface area (Å²) >= 11 is 7.33. The van der Waals surface area contributed by atoms with Crippen molar-refractivity contribution in [1.29, 1.82) is 5.26 Å². The lowest BCUT2D eigenvalue weighted by molar-refractivity contribution is -0.113. The number of rotatable bonds is 7. The molecule has 0 saturated carbocycles. The highest BCUT2D eigenvalue weighted by molar-refractivity contribution is 7.99. The van der Waals surface area contributed by atoms with Gasteiger partial charge in [-0.3, -0.25) is 4.79 Å². The fourth-order valence-corrected chi connectivity index (χ4v) is 3.57. The van der Waals surface area contributed by atoms with Crippen molar-refractivity contribution in [1.82, 2.24) is 14.8 Å². The molecule has 0 saturated heterocycles. The fraction of sp³-hybridized carbons (Fsp3) is 0.238. The molecule has 0 aliphatic heterocycles. The van der Waals surface area contributed by atoms with Gasteiger partial charge >= 0.3 is 0 Å². The van der Waals surface area contributed by atoms with Crippen molar-refractivity contribution < 1.29 is 4.79 Å². The number of thioether (sulfide) groups is 1. The van der Waals surface area contributed by atoms with Crippen molar-refractivity contribution in [2.24, 2.45) is 5.92 Å². The molecular formula is C21H20ClN5OS. The van der Waals surface area contributed by atoms with Crippen molar-refractivity contribution in [3.05, 3.63) is 59.1 Å². The van der Waals surface area contributed by atoms with E-state index >= 15 is 0 Å². The van der Waals surface area contributed by atoms with E-state index in [1.807, 2.05) is 28.8 Å². The minimum atomic E-state index is -0.146. The molecule has 1 N–H and O–H groups in total. The molecule has 8 heteroatoms. The van der Waals surface area contributed by atoms with Crippen molar-refractivity contribution in [3.8, 4) is 17.5 Å². The summed E-state index contributed by atoms with van der Waals surface area (Å²) in [5.74, 6) is 1.21. The first kappa shape index (κ1) is 20.9. The second kappa shape index (κ2) is 9.59. The van der Waals surface area contributed by atoms with Crippen molar-refractivity contribution >= 4 is 35.0 Å². The van der Waals surface area contributed by atoms with E-state index in [0.717, 1.165) is 17.9 Å². The van der Waals surface area contributed by atoms with Crippen LogP contribution < -0.4 is 5.32 Å². The predicted molar refractivity (Wildman–Crippen MR) is 116 cm³/mol. The molecule has 148 valence electrons. The standard InChI is InChI=1S/C21H20ClN5OS/c1-14(2)12-27-20(16-5-7-17(22)8-6-16)25-26-21(27)29-13-19(28)24-18-9-3-15(11-23)4-10-18/h3-10,14H,12-13H2,1-2H3,(H,24,28). The van der Waals surface area contributed by atoms with Crippen LogP contribution in [0.3, 0.4) is 0 Å². The number of amides is 1. The van der Waals surface area contributed by atoms with Crippen LogP contribution in [0.2, 0.25) is 5.02 Å². The van der Waals surface area contributed by atoms with E-state index in [1.54, 1.807) is 24.3 Å². The summed E-state index contributed by atoms with van der Waals surface area (Å²) in [6, 6.07) is 16.3. The Morgan fingerprint density at radius 2 is 1.86 bits per heavy atom. The average Bonchev–Trinajstić information content (AvgIpc) is 3.09. The van der Waals surface area contributed by atoms with E-state index in [2.05, 4.69) is 35.4 Å². The van der Waals surface area contributed by atoms with Gasteiger partial charge in [0.15, 0.2) is 11.0 Å². The summed E-state index contributed by atoms with van der Waals surface area (Å²) in [7, 11) is 0. The Morgan fingerprint density at radius 1 is 1.17 bits per heavy atom. The SMILES string of the molecule is CC(C)Cn1c(SCC(=O)Nc2ccc(C#N)cc2)nnc1-c1ccc(Cl)cc1. The molecule has 0 aliphatic rings. The number of nitrogens with one attached hydrogen (secondary N) is 1. The third kappa shape index (κ3) is 5.59. The summed E-state index contributed by atoms with van der Waals surface area (Å²) in [4.78, 5) is 12.3. The first-order chi connectivity index (χ1) is 14.0. The Balaban J connectivity index is 1.71. The highest BCUT2D eigenvalue weighted by Gasteiger charge is 2.16. The largest absolute Gasteiger partial charge is 0.325 e. The van der Waals surface area contributed by atoms with Crippen LogP contribution in [0.25, 0.3) is 11.4 Å². The number of halogens is 1. The Bertz CT molecular complexity index is 1020. The number of nitrogens with zero attached hydrogens (tertiary/aromatic N) is 4. The van der Waals surface area contributed by atoms with Gasteiger partial charge in [0.05, 0.1) is 17.4 Å². The molecule has 1 heterocycles. The highest BCUT2D eigenvalue weighted by Crippen LogP contribution is 2.26. The lowest BCUT2D eigenvalue weighted by Gasteiger charge is -2.12. The summed E-state index contributed by atoms with van der Waals surface area (Å²) in [5, 5.41) is 21.7. The van der Waals surface area contributed by atoms with Gasteiger partial charge < -0.3 is 9.88 Å². The molecule has 0 unspecified atom stereocenters. The first-order valence-corrected chi connectivity index (χ1v) is 10.4. The van der Waals surface area contributed by atoms with Crippen LogP contribution in [0.15, 0.2) is 53.7 Å². The van der Waals surface area contributed by atoms with Crippen LogP contribution in [0.4, 0.5) is 5.69 Å². The number of anilines is 1. The predicted octanol–water partition coefficient (Wildman–Crippen LogP) is 4.86. The number of carbonyl (C=O) groups is 1. The average molecular weight is 426 g/mol. The summed E-state index contributed by atoms with van der Waals surface area (Å²) in [6.45, 7) is 4.99. The molecule has 0 fully saturated rings. The van der Waals surface area contributed by atoms with Crippen LogP contribution in [0, 0.1) is 17.2 Å². The third-order valence-corrected chi connectivity index (χ3v) is 5.22. The molecule has 0 radical (unpaired) electrons. The molecule has 0 bridgehead atoms. The Morgan fingerprint density at radius 3 is 2.48 bits per heavy atom. The molecule has 1 amide bonds. The van der Waals surface area contributed by atoms with Crippen LogP contribution in [0.5, 0.6) is 0 Å². The maximum Gasteiger partial charge on any atom is 0.234 e. The molecule has 0 spiro atoms. The lowest BCUT2D eigenvalue weighted by Crippen LogP contribution is -2.15. The minimum Gasteiger partial charge on any atom is -0.325 e. The topological polar surface area (TPSA) is 83.6 Å². The van der Waals surface area contributed by atoms with Gasteiger partial charge in [-0.05, 0) is 54.4 Å². The third-order valence-electron chi connectivity index (χ3n) is 4.00. The van der Waals surface area contributed by atoms with Crippen LogP contribution in [0.1, 0.15) is 19.4 Å². The van der Waals surface area contributed by atoms with Gasteiger partial charge in [-0.25, -0.2) is 0 Å². The zero-order chi connectivity index (χ0) is 20.8. The van der Waals surface area contributed by atoms with Gasteiger partial charge in [0.2, 0.25) is 5.91 Å². The smallest absolute Gasteiger partial charge is 0.234 e. The normalized spacial score (nSPS) is 10.7. The van der Waals surface area contributed by atoms with Crippen molar-refractivity contribution in [3.63, 3.8) is 0 Å². The molecule has 0 aliphatic carbocycles. The fourth-order valence-electron chi connectivity index (χ4n) is 2.69.